The van der Waals surface area contributed by atoms with Gasteiger partial charge in [-0.2, -0.15) is 0 Å². The maximum absolute atomic E-state index is 13.8. The Labute approximate surface area is 462 Å². The zero-order valence-electron chi connectivity index (χ0n) is 47.9. The van der Waals surface area contributed by atoms with Crippen LogP contribution in [0, 0.1) is 0 Å². The molecule has 0 aliphatic heterocycles. The maximum Gasteiger partial charge on any atom is 0.252 e. The first-order valence-electron chi connectivity index (χ1n) is 27.6. The average molecular weight is 1040 g/mol. The summed E-state index contributed by atoms with van der Waals surface area (Å²) in [6.07, 6.45) is 1.40. The van der Waals surface area contributed by atoms with E-state index in [2.05, 4.69) is 142 Å². The normalized spacial score (nSPS) is 13.1. The van der Waals surface area contributed by atoms with Crippen molar-refractivity contribution in [2.75, 3.05) is 26.3 Å². The highest BCUT2D eigenvalue weighted by Gasteiger charge is 2.29. The van der Waals surface area contributed by atoms with Gasteiger partial charge in [0.25, 0.3) is 11.8 Å². The number of benzene rings is 8. The molecule has 0 saturated heterocycles. The lowest BCUT2D eigenvalue weighted by Crippen LogP contribution is -2.28. The van der Waals surface area contributed by atoms with E-state index in [1.165, 1.54) is 0 Å². The summed E-state index contributed by atoms with van der Waals surface area (Å²) in [7, 11) is 0. The molecule has 0 unspecified atom stereocenters. The highest BCUT2D eigenvalue weighted by atomic mass is 16.5. The molecule has 8 aromatic carbocycles. The fraction of sp³-hybridized carbons (Fsp3) is 0.343. The predicted molar refractivity (Wildman–Crippen MR) is 319 cm³/mol. The van der Waals surface area contributed by atoms with Crippen LogP contribution in [0.3, 0.4) is 0 Å². The van der Waals surface area contributed by atoms with Crippen molar-refractivity contribution in [1.29, 1.82) is 0 Å². The third-order valence-corrected chi connectivity index (χ3v) is 15.3. The molecule has 2 amide bonds. The molecule has 0 spiro atoms. The number of hydrogen-bond acceptors (Lipinski definition) is 6. The highest BCUT2D eigenvalue weighted by Crippen LogP contribution is 2.44. The standard InChI is InChI=1S/C70H78N2O6/c1-67(2,3)53-35-45-31-49-39-55(69(7,8)9)41-51(63(49)77-29-27-71-65(75)59-25-17-21-43-19-13-15-23-57(43)59)33-47-37-54(68(4,5)6)38-48(62(47)74)34-52-42-56(70(10,11)12)40-50(32-46(36-53)61(45)73)64(52)78-30-28-72-66(76)60-26-18-22-44-20-14-16-24-58(44)60/h13-26,35-42,73-74H,27-34H2,1-12H3,(H,71,75)(H,72,76). The van der Waals surface area contributed by atoms with Crippen LogP contribution in [0.4, 0.5) is 0 Å². The van der Waals surface area contributed by atoms with Crippen LogP contribution in [0.2, 0.25) is 0 Å². The average Bonchev–Trinajstić information content (AvgIpc) is 3.48. The summed E-state index contributed by atoms with van der Waals surface area (Å²) in [6.45, 7) is 27.3. The molecule has 0 saturated carbocycles. The van der Waals surface area contributed by atoms with E-state index in [0.29, 0.717) is 48.3 Å². The SMILES string of the molecule is CC(C)(C)c1cc2c(O)c(c1)Cc1cc(C(C)(C)C)cc(c1OCCNC(=O)c1cccc3ccccc13)Cc1cc(C(C)(C)C)cc(c1O)Cc1cc(C(C)(C)C)cc(c1OCCNC(=O)c1cccc3ccccc13)C2. The highest BCUT2D eigenvalue weighted by molar-refractivity contribution is 6.07. The molecule has 0 fully saturated rings. The molecule has 0 heterocycles. The maximum atomic E-state index is 13.8. The van der Waals surface area contributed by atoms with E-state index in [9.17, 15) is 19.8 Å². The topological polar surface area (TPSA) is 117 Å². The van der Waals surface area contributed by atoms with Gasteiger partial charge >= 0.3 is 0 Å². The number of aromatic hydroxyl groups is 2. The van der Waals surface area contributed by atoms with Crippen LogP contribution in [-0.2, 0) is 47.3 Å². The summed E-state index contributed by atoms with van der Waals surface area (Å²) in [5, 5.41) is 35.6. The minimum Gasteiger partial charge on any atom is -0.507 e. The minimum atomic E-state index is -0.275. The van der Waals surface area contributed by atoms with Crippen molar-refractivity contribution >= 4 is 33.4 Å². The van der Waals surface area contributed by atoms with Gasteiger partial charge < -0.3 is 30.3 Å². The Bertz CT molecular complexity index is 3240. The molecule has 8 aromatic rings. The van der Waals surface area contributed by atoms with E-state index in [1.54, 1.807) is 0 Å². The van der Waals surface area contributed by atoms with Crippen LogP contribution in [0.1, 0.15) is 171 Å². The Morgan fingerprint density at radius 1 is 0.397 bits per heavy atom. The second-order valence-corrected chi connectivity index (χ2v) is 25.5. The summed E-state index contributed by atoms with van der Waals surface area (Å²) in [4.78, 5) is 27.5. The van der Waals surface area contributed by atoms with Crippen molar-refractivity contribution in [1.82, 2.24) is 10.6 Å². The Kier molecular flexibility index (Phi) is 15.3. The molecular weight excluding hydrogens is 965 g/mol. The fourth-order valence-corrected chi connectivity index (χ4v) is 10.7. The molecular formula is C70H78N2O6. The van der Waals surface area contributed by atoms with Crippen molar-refractivity contribution < 1.29 is 29.3 Å². The Morgan fingerprint density at radius 2 is 0.667 bits per heavy atom. The van der Waals surface area contributed by atoms with Crippen molar-refractivity contribution in [2.45, 2.75) is 130 Å². The van der Waals surface area contributed by atoms with Gasteiger partial charge in [0, 0.05) is 36.8 Å². The molecule has 78 heavy (non-hydrogen) atoms. The van der Waals surface area contributed by atoms with Gasteiger partial charge in [-0.15, -0.1) is 0 Å². The van der Waals surface area contributed by atoms with Crippen molar-refractivity contribution in [2.24, 2.45) is 0 Å². The molecule has 404 valence electrons. The summed E-state index contributed by atoms with van der Waals surface area (Å²) < 4.78 is 13.9. The van der Waals surface area contributed by atoms with E-state index < -0.39 is 0 Å². The second-order valence-electron chi connectivity index (χ2n) is 25.5. The number of ether oxygens (including phenoxy) is 2. The number of carbonyl (C=O) groups is 2. The molecule has 8 heteroatoms. The lowest BCUT2D eigenvalue weighted by Gasteiger charge is -2.28. The number of rotatable bonds is 10. The van der Waals surface area contributed by atoms with Gasteiger partial charge in [-0.25, -0.2) is 0 Å². The molecule has 0 radical (unpaired) electrons. The van der Waals surface area contributed by atoms with Gasteiger partial charge in [0.05, 0.1) is 13.1 Å². The van der Waals surface area contributed by atoms with Gasteiger partial charge in [-0.1, -0.05) is 204 Å². The Morgan fingerprint density at radius 3 is 0.962 bits per heavy atom. The molecule has 4 N–H and O–H groups in total. The van der Waals surface area contributed by atoms with Gasteiger partial charge in [-0.05, 0) is 122 Å². The lowest BCUT2D eigenvalue weighted by atomic mass is 9.79. The number of fused-ring (bicyclic) bond motifs is 10. The van der Waals surface area contributed by atoms with Crippen molar-refractivity contribution in [3.63, 3.8) is 0 Å². The first-order chi connectivity index (χ1) is 36.8. The van der Waals surface area contributed by atoms with Crippen LogP contribution in [-0.4, -0.2) is 48.3 Å². The molecule has 8 nitrogen and oxygen atoms in total. The van der Waals surface area contributed by atoms with E-state index >= 15 is 0 Å². The lowest BCUT2D eigenvalue weighted by molar-refractivity contribution is 0.0940. The second kappa shape index (κ2) is 21.7. The first kappa shape index (κ1) is 55.2. The monoisotopic (exact) mass is 1040 g/mol. The summed E-state index contributed by atoms with van der Waals surface area (Å²) in [5.41, 5.74) is 11.1. The molecule has 8 bridgehead atoms. The molecule has 0 atom stereocenters. The number of nitrogens with one attached hydrogen (secondary N) is 2. The van der Waals surface area contributed by atoms with Gasteiger partial charge in [0.2, 0.25) is 0 Å². The molecule has 1 aliphatic rings. The Balaban J connectivity index is 1.17. The third kappa shape index (κ3) is 12.1. The van der Waals surface area contributed by atoms with Crippen LogP contribution < -0.4 is 20.1 Å². The van der Waals surface area contributed by atoms with E-state index in [1.807, 2.05) is 84.9 Å². The van der Waals surface area contributed by atoms with E-state index in [-0.39, 0.29) is 71.3 Å². The third-order valence-electron chi connectivity index (χ3n) is 15.3. The first-order valence-corrected chi connectivity index (χ1v) is 27.6. The van der Waals surface area contributed by atoms with E-state index in [4.69, 9.17) is 9.47 Å². The Hall–Kier alpha value is -7.58. The molecule has 9 rings (SSSR count). The molecule has 0 aromatic heterocycles. The quantitative estimate of drug-likeness (QED) is 0.101. The van der Waals surface area contributed by atoms with Crippen LogP contribution in [0.25, 0.3) is 21.5 Å². The van der Waals surface area contributed by atoms with Gasteiger partial charge in [-0.3, -0.25) is 9.59 Å². The zero-order valence-corrected chi connectivity index (χ0v) is 47.9. The number of phenols is 2. The number of phenolic OH excluding ortho intramolecular Hbond substituents is 2. The summed E-state index contributed by atoms with van der Waals surface area (Å²) in [6, 6.07) is 44.7. The predicted octanol–water partition coefficient (Wildman–Crippen LogP) is 14.9. The fourth-order valence-electron chi connectivity index (χ4n) is 10.7. The van der Waals surface area contributed by atoms with Gasteiger partial charge in [0.15, 0.2) is 0 Å². The minimum absolute atomic E-state index is 0.176. The number of hydrogen-bond donors (Lipinski definition) is 4. The van der Waals surface area contributed by atoms with Crippen molar-refractivity contribution in [3.05, 3.63) is 211 Å². The largest absolute Gasteiger partial charge is 0.507 e. The van der Waals surface area contributed by atoms with Crippen LogP contribution in [0.5, 0.6) is 23.0 Å². The van der Waals surface area contributed by atoms with Crippen LogP contribution >= 0.6 is 0 Å². The zero-order chi connectivity index (χ0) is 55.9. The van der Waals surface area contributed by atoms with Gasteiger partial charge in [0.1, 0.15) is 36.2 Å². The number of carbonyl (C=O) groups excluding carboxylic acids is 2. The smallest absolute Gasteiger partial charge is 0.252 e. The summed E-state index contributed by atoms with van der Waals surface area (Å²) >= 11 is 0. The van der Waals surface area contributed by atoms with Crippen molar-refractivity contribution in [3.8, 4) is 23.0 Å². The summed E-state index contributed by atoms with van der Waals surface area (Å²) in [5.74, 6) is 1.40. The van der Waals surface area contributed by atoms with Crippen LogP contribution in [0.15, 0.2) is 133 Å². The van der Waals surface area contributed by atoms with E-state index in [0.717, 1.165) is 88.3 Å². The molecule has 1 aliphatic carbocycles. The number of amides is 2.